The monoisotopic (exact) mass is 400 g/mol. The zero-order valence-corrected chi connectivity index (χ0v) is 15.3. The zero-order chi connectivity index (χ0) is 19.8. The second kappa shape index (κ2) is 7.14. The van der Waals surface area contributed by atoms with E-state index in [1.807, 2.05) is 19.2 Å². The molecule has 0 fully saturated rings. The number of nitrogens with one attached hydrogen (secondary N) is 1. The molecule has 0 saturated carbocycles. The Morgan fingerprint density at radius 2 is 1.85 bits per heavy atom. The minimum Gasteiger partial charge on any atom is -0.387 e. The van der Waals surface area contributed by atoms with Gasteiger partial charge in [0.1, 0.15) is 0 Å². The van der Waals surface area contributed by atoms with E-state index in [1.165, 1.54) is 0 Å². The first kappa shape index (κ1) is 19.7. The van der Waals surface area contributed by atoms with Crippen molar-refractivity contribution in [3.8, 4) is 0 Å². The van der Waals surface area contributed by atoms with Crippen molar-refractivity contribution in [2.45, 2.75) is 23.6 Å². The molecule has 1 aliphatic rings. The van der Waals surface area contributed by atoms with E-state index in [0.717, 1.165) is 36.3 Å². The van der Waals surface area contributed by atoms with Gasteiger partial charge in [0.05, 0.1) is 16.6 Å². The molecule has 0 radical (unpaired) electrons. The van der Waals surface area contributed by atoms with Crippen LogP contribution in [-0.4, -0.2) is 33.7 Å². The molecule has 2 aromatic rings. The summed E-state index contributed by atoms with van der Waals surface area (Å²) in [7, 11) is -2.06. The number of aliphatic hydroxyl groups excluding tert-OH is 1. The van der Waals surface area contributed by atoms with Crippen molar-refractivity contribution in [2.24, 2.45) is 0 Å². The van der Waals surface area contributed by atoms with E-state index in [0.29, 0.717) is 17.7 Å². The third-order valence-corrected chi connectivity index (χ3v) is 6.01. The molecule has 3 rings (SSSR count). The van der Waals surface area contributed by atoms with E-state index in [1.54, 1.807) is 6.07 Å². The summed E-state index contributed by atoms with van der Waals surface area (Å²) < 4.78 is 64.5. The Bertz CT molecular complexity index is 928. The van der Waals surface area contributed by atoms with Crippen LogP contribution in [0.3, 0.4) is 0 Å². The molecule has 0 saturated heterocycles. The molecule has 1 heterocycles. The van der Waals surface area contributed by atoms with Crippen LogP contribution < -0.4 is 9.62 Å². The van der Waals surface area contributed by atoms with Gasteiger partial charge in [-0.3, -0.25) is 0 Å². The van der Waals surface area contributed by atoms with Crippen molar-refractivity contribution in [2.75, 3.05) is 25.0 Å². The van der Waals surface area contributed by atoms with E-state index < -0.39 is 27.9 Å². The van der Waals surface area contributed by atoms with Gasteiger partial charge in [0.15, 0.2) is 0 Å². The maximum absolute atomic E-state index is 12.6. The van der Waals surface area contributed by atoms with Gasteiger partial charge in [-0.1, -0.05) is 12.1 Å². The van der Waals surface area contributed by atoms with Crippen molar-refractivity contribution < 1.29 is 26.7 Å². The maximum atomic E-state index is 12.6. The molecule has 1 atom stereocenters. The third-order valence-electron chi connectivity index (χ3n) is 4.57. The van der Waals surface area contributed by atoms with Crippen LogP contribution >= 0.6 is 0 Å². The van der Waals surface area contributed by atoms with Crippen LogP contribution in [0.15, 0.2) is 47.4 Å². The molecule has 0 aromatic heterocycles. The Morgan fingerprint density at radius 1 is 1.19 bits per heavy atom. The molecule has 0 spiro atoms. The average Bonchev–Trinajstić information content (AvgIpc) is 2.99. The summed E-state index contributed by atoms with van der Waals surface area (Å²) in [6.07, 6.45) is -4.75. The molecular formula is C18H19F3N2O3S. The fourth-order valence-corrected chi connectivity index (χ4v) is 4.05. The van der Waals surface area contributed by atoms with Crippen LogP contribution in [0.25, 0.3) is 0 Å². The van der Waals surface area contributed by atoms with Gasteiger partial charge in [-0.25, -0.2) is 13.1 Å². The summed E-state index contributed by atoms with van der Waals surface area (Å²) in [5.41, 5.74) is 1.82. The second-order valence-corrected chi connectivity index (χ2v) is 8.22. The van der Waals surface area contributed by atoms with Gasteiger partial charge in [-0.05, 0) is 47.9 Å². The number of anilines is 1. The predicted molar refractivity (Wildman–Crippen MR) is 95.0 cm³/mol. The number of benzene rings is 2. The van der Waals surface area contributed by atoms with Crippen molar-refractivity contribution in [3.05, 3.63) is 59.2 Å². The van der Waals surface area contributed by atoms with E-state index in [9.17, 15) is 26.7 Å². The molecule has 27 heavy (non-hydrogen) atoms. The number of aliphatic hydroxyl groups is 1. The topological polar surface area (TPSA) is 69.6 Å². The molecule has 0 aliphatic carbocycles. The number of hydrogen-bond donors (Lipinski definition) is 2. The number of fused-ring (bicyclic) bond motifs is 1. The number of hydrogen-bond acceptors (Lipinski definition) is 4. The summed E-state index contributed by atoms with van der Waals surface area (Å²) in [5.74, 6) is 0. The lowest BCUT2D eigenvalue weighted by molar-refractivity contribution is -0.137. The Morgan fingerprint density at radius 3 is 2.48 bits per heavy atom. The number of sulfonamides is 1. The second-order valence-electron chi connectivity index (χ2n) is 6.45. The first-order chi connectivity index (χ1) is 12.6. The largest absolute Gasteiger partial charge is 0.416 e. The van der Waals surface area contributed by atoms with Crippen LogP contribution in [0.2, 0.25) is 0 Å². The maximum Gasteiger partial charge on any atom is 0.416 e. The average molecular weight is 400 g/mol. The van der Waals surface area contributed by atoms with Crippen LogP contribution in [0.4, 0.5) is 18.9 Å². The highest BCUT2D eigenvalue weighted by atomic mass is 32.2. The van der Waals surface area contributed by atoms with Gasteiger partial charge in [0.25, 0.3) is 0 Å². The van der Waals surface area contributed by atoms with Crippen LogP contribution in [0, 0.1) is 0 Å². The molecular weight excluding hydrogens is 381 g/mol. The summed E-state index contributed by atoms with van der Waals surface area (Å²) in [6.45, 7) is 0.605. The molecule has 0 bridgehead atoms. The van der Waals surface area contributed by atoms with Crippen LogP contribution in [0.1, 0.15) is 22.8 Å². The highest BCUT2D eigenvalue weighted by molar-refractivity contribution is 7.89. The van der Waals surface area contributed by atoms with Gasteiger partial charge < -0.3 is 10.0 Å². The molecule has 9 heteroatoms. The molecule has 1 unspecified atom stereocenters. The smallest absolute Gasteiger partial charge is 0.387 e. The van der Waals surface area contributed by atoms with E-state index in [-0.39, 0.29) is 11.4 Å². The van der Waals surface area contributed by atoms with Crippen molar-refractivity contribution in [1.82, 2.24) is 4.72 Å². The van der Waals surface area contributed by atoms with Gasteiger partial charge in [0, 0.05) is 25.8 Å². The van der Waals surface area contributed by atoms with Crippen LogP contribution in [0.5, 0.6) is 0 Å². The molecule has 2 N–H and O–H groups in total. The quantitative estimate of drug-likeness (QED) is 0.810. The first-order valence-electron chi connectivity index (χ1n) is 8.27. The molecule has 0 amide bonds. The number of halogens is 3. The van der Waals surface area contributed by atoms with Crippen molar-refractivity contribution >= 4 is 15.7 Å². The lowest BCUT2D eigenvalue weighted by atomic mass is 10.0. The van der Waals surface area contributed by atoms with Gasteiger partial charge >= 0.3 is 6.18 Å². The highest BCUT2D eigenvalue weighted by Crippen LogP contribution is 2.30. The Labute approximate surface area is 155 Å². The summed E-state index contributed by atoms with van der Waals surface area (Å²) in [4.78, 5) is 1.80. The summed E-state index contributed by atoms with van der Waals surface area (Å²) >= 11 is 0. The van der Waals surface area contributed by atoms with E-state index in [2.05, 4.69) is 9.62 Å². The Kier molecular flexibility index (Phi) is 5.20. The normalized spacial score (nSPS) is 15.7. The lowest BCUT2D eigenvalue weighted by Crippen LogP contribution is -2.28. The van der Waals surface area contributed by atoms with E-state index >= 15 is 0 Å². The Hall–Kier alpha value is -2.10. The summed E-state index contributed by atoms with van der Waals surface area (Å²) in [6, 6.07) is 8.66. The number of alkyl halides is 3. The molecule has 146 valence electrons. The summed E-state index contributed by atoms with van der Waals surface area (Å²) in [5, 5.41) is 10.3. The SMILES string of the molecule is CN1CCc2cc(C(O)CNS(=O)(=O)c3ccc(C(F)(F)F)cc3)ccc21. The fourth-order valence-electron chi connectivity index (χ4n) is 3.01. The molecule has 1 aliphatic heterocycles. The van der Waals surface area contributed by atoms with Crippen LogP contribution in [-0.2, 0) is 22.6 Å². The van der Waals surface area contributed by atoms with Gasteiger partial charge in [-0.15, -0.1) is 0 Å². The lowest BCUT2D eigenvalue weighted by Gasteiger charge is -2.16. The minimum absolute atomic E-state index is 0.280. The minimum atomic E-state index is -4.53. The first-order valence-corrected chi connectivity index (χ1v) is 9.75. The van der Waals surface area contributed by atoms with Gasteiger partial charge in [0.2, 0.25) is 10.0 Å². The van der Waals surface area contributed by atoms with Gasteiger partial charge in [-0.2, -0.15) is 13.2 Å². The third kappa shape index (κ3) is 4.26. The standard InChI is InChI=1S/C18H19F3N2O3S/c1-23-9-8-12-10-13(2-7-16(12)23)17(24)11-22-27(25,26)15-5-3-14(4-6-15)18(19,20)21/h2-7,10,17,22,24H,8-9,11H2,1H3. The van der Waals surface area contributed by atoms with Crippen molar-refractivity contribution in [3.63, 3.8) is 0 Å². The number of nitrogens with zero attached hydrogens (tertiary/aromatic N) is 1. The predicted octanol–water partition coefficient (Wildman–Crippen LogP) is 2.71. The van der Waals surface area contributed by atoms with E-state index in [4.69, 9.17) is 0 Å². The number of rotatable bonds is 5. The highest BCUT2D eigenvalue weighted by Gasteiger charge is 2.30. The zero-order valence-electron chi connectivity index (χ0n) is 14.5. The van der Waals surface area contributed by atoms with Crippen molar-refractivity contribution in [1.29, 1.82) is 0 Å². The Balaban J connectivity index is 1.68. The fraction of sp³-hybridized carbons (Fsp3) is 0.333. The number of likely N-dealkylation sites (N-methyl/N-ethyl adjacent to an activating group) is 1. The molecule has 5 nitrogen and oxygen atoms in total. The molecule has 2 aromatic carbocycles.